The molecule has 1 heterocycles. The van der Waals surface area contributed by atoms with Crippen LogP contribution in [-0.2, 0) is 0 Å². The molecule has 1 unspecified atom stereocenters. The Morgan fingerprint density at radius 1 is 1.36 bits per heavy atom. The Labute approximate surface area is 68.2 Å². The van der Waals surface area contributed by atoms with Gasteiger partial charge in [-0.25, -0.2) is 0 Å². The molecule has 0 aromatic heterocycles. The third kappa shape index (κ3) is 3.18. The fourth-order valence-corrected chi connectivity index (χ4v) is 1.55. The van der Waals surface area contributed by atoms with Gasteiger partial charge in [-0.15, -0.1) is 0 Å². The molecule has 3 nitrogen and oxygen atoms in total. The molecule has 0 spiro atoms. The lowest BCUT2D eigenvalue weighted by Crippen LogP contribution is -2.29. The summed E-state index contributed by atoms with van der Waals surface area (Å²) in [6.45, 7) is 3.25. The monoisotopic (exact) mass is 158 g/mol. The van der Waals surface area contributed by atoms with Gasteiger partial charge in [-0.3, -0.25) is 0 Å². The van der Waals surface area contributed by atoms with E-state index in [9.17, 15) is 0 Å². The van der Waals surface area contributed by atoms with Crippen LogP contribution in [0.5, 0.6) is 0 Å². The lowest BCUT2D eigenvalue weighted by molar-refractivity contribution is 0.200. The van der Waals surface area contributed by atoms with Crippen molar-refractivity contribution in [3.05, 3.63) is 0 Å². The second kappa shape index (κ2) is 4.70. The van der Waals surface area contributed by atoms with Crippen LogP contribution in [0.2, 0.25) is 0 Å². The molecule has 66 valence electrons. The fourth-order valence-electron chi connectivity index (χ4n) is 1.55. The minimum Gasteiger partial charge on any atom is -0.395 e. The Balaban J connectivity index is 2.22. The Bertz CT molecular complexity index is 108. The van der Waals surface area contributed by atoms with Crippen LogP contribution in [0.3, 0.4) is 0 Å². The van der Waals surface area contributed by atoms with Gasteiger partial charge < -0.3 is 15.7 Å². The highest BCUT2D eigenvalue weighted by atomic mass is 16.3. The van der Waals surface area contributed by atoms with Crippen molar-refractivity contribution >= 4 is 0 Å². The van der Waals surface area contributed by atoms with E-state index in [4.69, 9.17) is 10.8 Å². The molecule has 0 saturated carbocycles. The number of aliphatic hydroxyl groups excluding tert-OH is 1. The normalized spacial score (nSPS) is 28.4. The van der Waals surface area contributed by atoms with Crippen molar-refractivity contribution < 1.29 is 5.11 Å². The zero-order valence-corrected chi connectivity index (χ0v) is 7.00. The second-order valence-corrected chi connectivity index (χ2v) is 3.26. The smallest absolute Gasteiger partial charge is 0.0558 e. The number of hydrogen-bond donors (Lipinski definition) is 2. The largest absolute Gasteiger partial charge is 0.395 e. The summed E-state index contributed by atoms with van der Waals surface area (Å²) in [6, 6.07) is 0.388. The van der Waals surface area contributed by atoms with Gasteiger partial charge in [-0.05, 0) is 32.4 Å². The Hall–Kier alpha value is -0.120. The molecular formula is C8H18N2O. The van der Waals surface area contributed by atoms with Crippen LogP contribution in [0.15, 0.2) is 0 Å². The van der Waals surface area contributed by atoms with Gasteiger partial charge >= 0.3 is 0 Å². The van der Waals surface area contributed by atoms with Crippen LogP contribution in [0.4, 0.5) is 0 Å². The number of nitrogens with two attached hydrogens (primary N) is 1. The van der Waals surface area contributed by atoms with Crippen LogP contribution >= 0.6 is 0 Å². The number of hydrogen-bond acceptors (Lipinski definition) is 3. The van der Waals surface area contributed by atoms with Gasteiger partial charge in [0.1, 0.15) is 0 Å². The molecule has 0 aliphatic carbocycles. The molecule has 1 saturated heterocycles. The summed E-state index contributed by atoms with van der Waals surface area (Å²) in [6.07, 6.45) is 3.41. The number of aliphatic hydroxyl groups is 1. The molecule has 3 heteroatoms. The maximum Gasteiger partial charge on any atom is 0.0558 e. The molecule has 0 bridgehead atoms. The summed E-state index contributed by atoms with van der Waals surface area (Å²) in [5, 5.41) is 8.70. The number of β-amino-alcohol motifs (C(OH)–C–C–N with tert-alkyl or cyclic N) is 1. The number of rotatable bonds is 2. The second-order valence-electron chi connectivity index (χ2n) is 3.26. The van der Waals surface area contributed by atoms with E-state index >= 15 is 0 Å². The maximum atomic E-state index is 8.70. The van der Waals surface area contributed by atoms with Crippen LogP contribution in [0.1, 0.15) is 19.3 Å². The van der Waals surface area contributed by atoms with Crippen LogP contribution < -0.4 is 5.73 Å². The first-order valence-electron chi connectivity index (χ1n) is 4.41. The van der Waals surface area contributed by atoms with E-state index in [1.54, 1.807) is 0 Å². The van der Waals surface area contributed by atoms with Gasteiger partial charge in [0, 0.05) is 12.6 Å². The summed E-state index contributed by atoms with van der Waals surface area (Å²) in [5.41, 5.74) is 5.80. The van der Waals surface area contributed by atoms with E-state index in [0.717, 1.165) is 32.5 Å². The average Bonchev–Trinajstić information content (AvgIpc) is 2.17. The van der Waals surface area contributed by atoms with Crippen molar-refractivity contribution in [1.29, 1.82) is 0 Å². The van der Waals surface area contributed by atoms with Crippen molar-refractivity contribution in [3.63, 3.8) is 0 Å². The highest BCUT2D eigenvalue weighted by molar-refractivity contribution is 4.71. The zero-order valence-electron chi connectivity index (χ0n) is 7.00. The topological polar surface area (TPSA) is 49.5 Å². The summed E-state index contributed by atoms with van der Waals surface area (Å²) in [5.74, 6) is 0. The molecule has 1 rings (SSSR count). The molecule has 1 aliphatic heterocycles. The standard InChI is InChI=1S/C8H18N2O/c9-8-2-1-4-10(5-3-8)6-7-11/h8,11H,1-7,9H2. The summed E-state index contributed by atoms with van der Waals surface area (Å²) in [7, 11) is 0. The number of nitrogens with zero attached hydrogens (tertiary/aromatic N) is 1. The molecule has 0 amide bonds. The predicted molar refractivity (Wildman–Crippen MR) is 45.4 cm³/mol. The van der Waals surface area contributed by atoms with Gasteiger partial charge in [0.25, 0.3) is 0 Å². The maximum absolute atomic E-state index is 8.70. The molecule has 0 radical (unpaired) electrons. The number of likely N-dealkylation sites (tertiary alicyclic amines) is 1. The van der Waals surface area contributed by atoms with Gasteiger partial charge in [0.2, 0.25) is 0 Å². The van der Waals surface area contributed by atoms with Gasteiger partial charge in [-0.1, -0.05) is 0 Å². The lowest BCUT2D eigenvalue weighted by Gasteiger charge is -2.17. The minimum absolute atomic E-state index is 0.273. The van der Waals surface area contributed by atoms with Crippen molar-refractivity contribution in [2.75, 3.05) is 26.2 Å². The third-order valence-corrected chi connectivity index (χ3v) is 2.28. The summed E-state index contributed by atoms with van der Waals surface area (Å²) in [4.78, 5) is 2.28. The van der Waals surface area contributed by atoms with E-state index in [1.165, 1.54) is 6.42 Å². The quantitative estimate of drug-likeness (QED) is 0.585. The van der Waals surface area contributed by atoms with Crippen LogP contribution in [0.25, 0.3) is 0 Å². The Kier molecular flexibility index (Phi) is 3.83. The van der Waals surface area contributed by atoms with E-state index in [0.29, 0.717) is 6.04 Å². The SMILES string of the molecule is NC1CCCN(CCO)CC1. The highest BCUT2D eigenvalue weighted by Gasteiger charge is 2.12. The van der Waals surface area contributed by atoms with Gasteiger partial charge in [0.15, 0.2) is 0 Å². The Morgan fingerprint density at radius 3 is 2.91 bits per heavy atom. The first-order chi connectivity index (χ1) is 5.33. The minimum atomic E-state index is 0.273. The fraction of sp³-hybridized carbons (Fsp3) is 1.00. The van der Waals surface area contributed by atoms with Crippen molar-refractivity contribution in [2.24, 2.45) is 5.73 Å². The molecular weight excluding hydrogens is 140 g/mol. The highest BCUT2D eigenvalue weighted by Crippen LogP contribution is 2.07. The molecule has 1 aliphatic rings. The lowest BCUT2D eigenvalue weighted by atomic mass is 10.1. The molecule has 1 atom stereocenters. The average molecular weight is 158 g/mol. The molecule has 0 aromatic rings. The van der Waals surface area contributed by atoms with Crippen LogP contribution in [0, 0.1) is 0 Å². The molecule has 11 heavy (non-hydrogen) atoms. The van der Waals surface area contributed by atoms with E-state index < -0.39 is 0 Å². The third-order valence-electron chi connectivity index (χ3n) is 2.28. The molecule has 1 fully saturated rings. The summed E-state index contributed by atoms with van der Waals surface area (Å²) < 4.78 is 0. The first-order valence-corrected chi connectivity index (χ1v) is 4.41. The molecule has 0 aromatic carbocycles. The summed E-state index contributed by atoms with van der Waals surface area (Å²) >= 11 is 0. The van der Waals surface area contributed by atoms with E-state index in [1.807, 2.05) is 0 Å². The molecule has 3 N–H and O–H groups in total. The zero-order chi connectivity index (χ0) is 8.10. The van der Waals surface area contributed by atoms with Crippen molar-refractivity contribution in [2.45, 2.75) is 25.3 Å². The van der Waals surface area contributed by atoms with Crippen LogP contribution in [-0.4, -0.2) is 42.3 Å². The van der Waals surface area contributed by atoms with Crippen molar-refractivity contribution in [1.82, 2.24) is 4.90 Å². The van der Waals surface area contributed by atoms with Gasteiger partial charge in [0.05, 0.1) is 6.61 Å². The Morgan fingerprint density at radius 2 is 2.18 bits per heavy atom. The van der Waals surface area contributed by atoms with E-state index in [2.05, 4.69) is 4.90 Å². The van der Waals surface area contributed by atoms with E-state index in [-0.39, 0.29) is 6.61 Å². The predicted octanol–water partition coefficient (Wildman–Crippen LogP) is -0.208. The van der Waals surface area contributed by atoms with Crippen molar-refractivity contribution in [3.8, 4) is 0 Å². The first kappa shape index (κ1) is 8.97. The van der Waals surface area contributed by atoms with Gasteiger partial charge in [-0.2, -0.15) is 0 Å².